The summed E-state index contributed by atoms with van der Waals surface area (Å²) in [7, 11) is 0. The molecule has 0 saturated carbocycles. The summed E-state index contributed by atoms with van der Waals surface area (Å²) in [5.41, 5.74) is 7.25. The van der Waals surface area contributed by atoms with Crippen molar-refractivity contribution in [2.75, 3.05) is 5.73 Å². The van der Waals surface area contributed by atoms with Crippen LogP contribution in [0.5, 0.6) is 0 Å². The van der Waals surface area contributed by atoms with Crippen LogP contribution in [0.2, 0.25) is 10.0 Å². The molecular weight excluding hydrogens is 307 g/mol. The molecule has 0 fully saturated rings. The molecule has 7 heteroatoms. The first-order chi connectivity index (χ1) is 9.47. The fourth-order valence-corrected chi connectivity index (χ4v) is 2.30. The third-order valence-electron chi connectivity index (χ3n) is 2.88. The predicted octanol–water partition coefficient (Wildman–Crippen LogP) is 4.19. The Labute approximate surface area is 122 Å². The van der Waals surface area contributed by atoms with Gasteiger partial charge >= 0.3 is 0 Å². The van der Waals surface area contributed by atoms with Crippen LogP contribution >= 0.6 is 23.2 Å². The van der Waals surface area contributed by atoms with Gasteiger partial charge in [-0.05, 0) is 24.3 Å². The highest BCUT2D eigenvalue weighted by Crippen LogP contribution is 2.31. The van der Waals surface area contributed by atoms with Crippen LogP contribution in [0.15, 0.2) is 30.3 Å². The Morgan fingerprint density at radius 1 is 1.00 bits per heavy atom. The third-order valence-corrected chi connectivity index (χ3v) is 3.61. The van der Waals surface area contributed by atoms with E-state index in [1.807, 2.05) is 0 Å². The lowest BCUT2D eigenvalue weighted by molar-refractivity contribution is 0.508. The van der Waals surface area contributed by atoms with E-state index in [0.29, 0.717) is 26.8 Å². The molecule has 3 nitrogen and oxygen atoms in total. The summed E-state index contributed by atoms with van der Waals surface area (Å²) in [4.78, 5) is 4.12. The molecule has 3 rings (SSSR count). The summed E-state index contributed by atoms with van der Waals surface area (Å²) in [5.74, 6) is -1.77. The van der Waals surface area contributed by atoms with Crippen LogP contribution < -0.4 is 5.73 Å². The molecule has 0 saturated heterocycles. The summed E-state index contributed by atoms with van der Waals surface area (Å²) >= 11 is 11.9. The fraction of sp³-hybridized carbons (Fsp3) is 0. The number of nitrogen functional groups attached to an aromatic ring is 1. The van der Waals surface area contributed by atoms with Crippen LogP contribution in [0.25, 0.3) is 16.7 Å². The highest BCUT2D eigenvalue weighted by molar-refractivity contribution is 6.42. The van der Waals surface area contributed by atoms with Gasteiger partial charge in [-0.1, -0.05) is 23.2 Å². The van der Waals surface area contributed by atoms with E-state index in [1.54, 1.807) is 12.1 Å². The molecule has 2 N–H and O–H groups in total. The van der Waals surface area contributed by atoms with Gasteiger partial charge < -0.3 is 5.73 Å². The molecule has 0 spiro atoms. The first-order valence-corrected chi connectivity index (χ1v) is 6.31. The molecule has 0 unspecified atom stereocenters. The van der Waals surface area contributed by atoms with E-state index in [4.69, 9.17) is 28.9 Å². The molecule has 0 aliphatic rings. The number of nitrogens with zero attached hydrogens (tertiary/aromatic N) is 2. The number of halogens is 4. The second kappa shape index (κ2) is 4.61. The Bertz CT molecular complexity index is 830. The molecule has 102 valence electrons. The van der Waals surface area contributed by atoms with E-state index in [-0.39, 0.29) is 5.95 Å². The zero-order valence-electron chi connectivity index (χ0n) is 9.87. The van der Waals surface area contributed by atoms with E-state index >= 15 is 0 Å². The van der Waals surface area contributed by atoms with Gasteiger partial charge in [-0.25, -0.2) is 13.8 Å². The van der Waals surface area contributed by atoms with Gasteiger partial charge in [-0.3, -0.25) is 4.57 Å². The minimum absolute atomic E-state index is 0.129. The van der Waals surface area contributed by atoms with Crippen molar-refractivity contribution in [3.05, 3.63) is 52.0 Å². The number of imidazole rings is 1. The standard InChI is InChI=1S/C13H7Cl2F2N3/c14-7-4-11-12(5-8(7)15)20(13(18)19-11)6-1-2-9(16)10(17)3-6/h1-5H,(H2,18,19). The van der Waals surface area contributed by atoms with E-state index in [2.05, 4.69) is 4.98 Å². The normalized spacial score (nSPS) is 11.2. The highest BCUT2D eigenvalue weighted by atomic mass is 35.5. The van der Waals surface area contributed by atoms with Crippen molar-refractivity contribution in [1.29, 1.82) is 0 Å². The second-order valence-electron chi connectivity index (χ2n) is 4.16. The number of hydrogen-bond donors (Lipinski definition) is 1. The quantitative estimate of drug-likeness (QED) is 0.732. The monoisotopic (exact) mass is 313 g/mol. The summed E-state index contributed by atoms with van der Waals surface area (Å²) in [5, 5.41) is 0.664. The molecule has 0 atom stereocenters. The van der Waals surface area contributed by atoms with Gasteiger partial charge in [0, 0.05) is 6.07 Å². The van der Waals surface area contributed by atoms with Gasteiger partial charge in [-0.2, -0.15) is 0 Å². The number of rotatable bonds is 1. The largest absolute Gasteiger partial charge is 0.369 e. The third kappa shape index (κ3) is 1.99. The molecule has 0 bridgehead atoms. The molecule has 0 aliphatic heterocycles. The van der Waals surface area contributed by atoms with E-state index in [0.717, 1.165) is 12.1 Å². The van der Waals surface area contributed by atoms with E-state index < -0.39 is 11.6 Å². The summed E-state index contributed by atoms with van der Waals surface area (Å²) in [6.45, 7) is 0. The van der Waals surface area contributed by atoms with Crippen molar-refractivity contribution >= 4 is 40.2 Å². The van der Waals surface area contributed by atoms with Crippen molar-refractivity contribution in [2.24, 2.45) is 0 Å². The van der Waals surface area contributed by atoms with E-state index in [9.17, 15) is 8.78 Å². The van der Waals surface area contributed by atoms with Crippen LogP contribution in [0.1, 0.15) is 0 Å². The molecular formula is C13H7Cl2F2N3. The average Bonchev–Trinajstić information content (AvgIpc) is 2.69. The van der Waals surface area contributed by atoms with Gasteiger partial charge in [0.1, 0.15) is 0 Å². The Morgan fingerprint density at radius 2 is 1.70 bits per heavy atom. The van der Waals surface area contributed by atoms with Crippen LogP contribution in [0.3, 0.4) is 0 Å². The van der Waals surface area contributed by atoms with Crippen molar-refractivity contribution in [3.63, 3.8) is 0 Å². The molecule has 2 aromatic carbocycles. The second-order valence-corrected chi connectivity index (χ2v) is 4.97. The van der Waals surface area contributed by atoms with Gasteiger partial charge in [0.2, 0.25) is 5.95 Å². The molecule has 0 aliphatic carbocycles. The van der Waals surface area contributed by atoms with Crippen molar-refractivity contribution in [2.45, 2.75) is 0 Å². The maximum absolute atomic E-state index is 13.3. The van der Waals surface area contributed by atoms with E-state index in [1.165, 1.54) is 10.6 Å². The van der Waals surface area contributed by atoms with Gasteiger partial charge in [0.15, 0.2) is 11.6 Å². The smallest absolute Gasteiger partial charge is 0.205 e. The number of anilines is 1. The number of nitrogens with two attached hydrogens (primary N) is 1. The number of fused-ring (bicyclic) bond motifs is 1. The average molecular weight is 314 g/mol. The zero-order chi connectivity index (χ0) is 14.4. The fourth-order valence-electron chi connectivity index (χ4n) is 1.99. The Balaban J connectivity index is 2.32. The first-order valence-electron chi connectivity index (χ1n) is 5.56. The lowest BCUT2D eigenvalue weighted by Gasteiger charge is -2.07. The Morgan fingerprint density at radius 3 is 2.40 bits per heavy atom. The number of aromatic nitrogens is 2. The Kier molecular flexibility index (Phi) is 3.03. The summed E-state index contributed by atoms with van der Waals surface area (Å²) in [6, 6.07) is 6.59. The van der Waals surface area contributed by atoms with Crippen LogP contribution in [0.4, 0.5) is 14.7 Å². The maximum Gasteiger partial charge on any atom is 0.205 e. The topological polar surface area (TPSA) is 43.8 Å². The number of hydrogen-bond acceptors (Lipinski definition) is 2. The van der Waals surface area contributed by atoms with Gasteiger partial charge in [0.05, 0.1) is 26.8 Å². The lowest BCUT2D eigenvalue weighted by Crippen LogP contribution is -2.01. The molecule has 0 radical (unpaired) electrons. The van der Waals surface area contributed by atoms with Crippen molar-refractivity contribution in [3.8, 4) is 5.69 Å². The van der Waals surface area contributed by atoms with Crippen molar-refractivity contribution < 1.29 is 8.78 Å². The molecule has 20 heavy (non-hydrogen) atoms. The number of benzene rings is 2. The lowest BCUT2D eigenvalue weighted by atomic mass is 10.2. The van der Waals surface area contributed by atoms with Crippen LogP contribution in [-0.2, 0) is 0 Å². The SMILES string of the molecule is Nc1nc2cc(Cl)c(Cl)cc2n1-c1ccc(F)c(F)c1. The molecule has 3 aromatic rings. The predicted molar refractivity (Wildman–Crippen MR) is 75.4 cm³/mol. The minimum Gasteiger partial charge on any atom is -0.369 e. The maximum atomic E-state index is 13.3. The van der Waals surface area contributed by atoms with Gasteiger partial charge in [0.25, 0.3) is 0 Å². The first kappa shape index (κ1) is 13.1. The highest BCUT2D eigenvalue weighted by Gasteiger charge is 2.14. The molecule has 0 amide bonds. The Hall–Kier alpha value is -1.85. The minimum atomic E-state index is -0.969. The summed E-state index contributed by atoms with van der Waals surface area (Å²) < 4.78 is 27.8. The molecule has 1 heterocycles. The van der Waals surface area contributed by atoms with Crippen molar-refractivity contribution in [1.82, 2.24) is 9.55 Å². The molecule has 1 aromatic heterocycles. The van der Waals surface area contributed by atoms with Crippen LogP contribution in [-0.4, -0.2) is 9.55 Å². The summed E-state index contributed by atoms with van der Waals surface area (Å²) in [6.07, 6.45) is 0. The zero-order valence-corrected chi connectivity index (χ0v) is 11.4. The van der Waals surface area contributed by atoms with Gasteiger partial charge in [-0.15, -0.1) is 0 Å². The van der Waals surface area contributed by atoms with Crippen LogP contribution in [0, 0.1) is 11.6 Å².